The molecule has 1 amide bonds. The fourth-order valence-corrected chi connectivity index (χ4v) is 3.04. The van der Waals surface area contributed by atoms with Gasteiger partial charge in [0.15, 0.2) is 0 Å². The molecule has 0 aromatic heterocycles. The highest BCUT2D eigenvalue weighted by Crippen LogP contribution is 2.33. The lowest BCUT2D eigenvalue weighted by Crippen LogP contribution is -2.45. The van der Waals surface area contributed by atoms with Crippen LogP contribution in [0.5, 0.6) is 0 Å². The number of hydrogen-bond acceptors (Lipinski definition) is 3. The Balaban J connectivity index is 1.46. The van der Waals surface area contributed by atoms with Gasteiger partial charge in [0.2, 0.25) is 5.91 Å². The normalized spacial score (nSPS) is 21.5. The first-order chi connectivity index (χ1) is 10.6. The van der Waals surface area contributed by atoms with Crippen LogP contribution in [0, 0.1) is 11.7 Å². The second kappa shape index (κ2) is 6.34. The van der Waals surface area contributed by atoms with Gasteiger partial charge < -0.3 is 15.3 Å². The molecule has 1 heterocycles. The topological polar surface area (TPSA) is 52.6 Å². The van der Waals surface area contributed by atoms with Crippen LogP contribution in [0.4, 0.5) is 4.39 Å². The molecular weight excluding hydrogens is 283 g/mol. The van der Waals surface area contributed by atoms with Crippen LogP contribution in [0.1, 0.15) is 31.2 Å². The summed E-state index contributed by atoms with van der Waals surface area (Å²) in [6, 6.07) is 6.24. The fourth-order valence-electron chi connectivity index (χ4n) is 3.04. The smallest absolute Gasteiger partial charge is 0.223 e. The second-order valence-corrected chi connectivity index (χ2v) is 6.45. The van der Waals surface area contributed by atoms with E-state index in [2.05, 4.69) is 10.2 Å². The van der Waals surface area contributed by atoms with Gasteiger partial charge in [0.05, 0.1) is 5.60 Å². The number of carbonyl (C=O) groups is 1. The quantitative estimate of drug-likeness (QED) is 0.869. The average Bonchev–Trinajstić information content (AvgIpc) is 3.34. The van der Waals surface area contributed by atoms with E-state index < -0.39 is 5.60 Å². The lowest BCUT2D eigenvalue weighted by atomic mass is 9.84. The first-order valence-electron chi connectivity index (χ1n) is 8.05. The van der Waals surface area contributed by atoms with Crippen LogP contribution in [0.3, 0.4) is 0 Å². The number of rotatable bonds is 5. The molecule has 2 aliphatic rings. The van der Waals surface area contributed by atoms with E-state index in [-0.39, 0.29) is 17.6 Å². The summed E-state index contributed by atoms with van der Waals surface area (Å²) >= 11 is 0. The molecule has 1 saturated heterocycles. The van der Waals surface area contributed by atoms with Crippen molar-refractivity contribution in [3.63, 3.8) is 0 Å². The van der Waals surface area contributed by atoms with E-state index in [0.29, 0.717) is 24.9 Å². The molecule has 1 aliphatic heterocycles. The summed E-state index contributed by atoms with van der Waals surface area (Å²) in [6.07, 6.45) is 3.23. The van der Waals surface area contributed by atoms with Gasteiger partial charge in [-0.1, -0.05) is 12.1 Å². The summed E-state index contributed by atoms with van der Waals surface area (Å²) in [7, 11) is 0. The summed E-state index contributed by atoms with van der Waals surface area (Å²) in [5.74, 6) is 0.115. The number of nitrogens with zero attached hydrogens (tertiary/aromatic N) is 1. The molecular formula is C17H23FN2O2. The molecule has 3 rings (SSSR count). The van der Waals surface area contributed by atoms with E-state index in [1.807, 2.05) is 0 Å². The molecule has 0 atom stereocenters. The van der Waals surface area contributed by atoms with Crippen LogP contribution < -0.4 is 5.32 Å². The van der Waals surface area contributed by atoms with Gasteiger partial charge in [-0.2, -0.15) is 0 Å². The molecule has 0 unspecified atom stereocenters. The third-order valence-corrected chi connectivity index (χ3v) is 4.72. The van der Waals surface area contributed by atoms with Crippen LogP contribution in [-0.2, 0) is 10.4 Å². The maximum atomic E-state index is 13.3. The van der Waals surface area contributed by atoms with Gasteiger partial charge in [-0.05, 0) is 43.4 Å². The first-order valence-corrected chi connectivity index (χ1v) is 8.05. The van der Waals surface area contributed by atoms with Crippen molar-refractivity contribution in [2.75, 3.05) is 26.2 Å². The predicted molar refractivity (Wildman–Crippen MR) is 81.7 cm³/mol. The molecule has 22 heavy (non-hydrogen) atoms. The Morgan fingerprint density at radius 1 is 1.36 bits per heavy atom. The standard InChI is InChI=1S/C17H23FN2O2/c18-15-3-1-2-14(12-15)17(22)6-9-20(10-7-17)11-8-19-16(21)13-4-5-13/h1-3,12-13,22H,4-11H2,(H,19,21). The molecule has 0 bridgehead atoms. The third kappa shape index (κ3) is 3.65. The van der Waals surface area contributed by atoms with Crippen molar-refractivity contribution >= 4 is 5.91 Å². The third-order valence-electron chi connectivity index (χ3n) is 4.72. The van der Waals surface area contributed by atoms with Gasteiger partial charge in [-0.15, -0.1) is 0 Å². The number of aliphatic hydroxyl groups is 1. The Morgan fingerprint density at radius 3 is 2.73 bits per heavy atom. The molecule has 1 aromatic rings. The van der Waals surface area contributed by atoms with Crippen LogP contribution >= 0.6 is 0 Å². The zero-order valence-electron chi connectivity index (χ0n) is 12.7. The molecule has 2 N–H and O–H groups in total. The van der Waals surface area contributed by atoms with Gasteiger partial charge in [-0.25, -0.2) is 4.39 Å². The SMILES string of the molecule is O=C(NCCN1CCC(O)(c2cccc(F)c2)CC1)C1CC1. The summed E-state index contributed by atoms with van der Waals surface area (Å²) < 4.78 is 13.3. The Labute approximate surface area is 130 Å². The number of benzene rings is 1. The van der Waals surface area contributed by atoms with E-state index in [9.17, 15) is 14.3 Å². The number of hydrogen-bond donors (Lipinski definition) is 2. The fraction of sp³-hybridized carbons (Fsp3) is 0.588. The number of amides is 1. The minimum atomic E-state index is -0.935. The van der Waals surface area contributed by atoms with Crippen LogP contribution in [0.25, 0.3) is 0 Å². The summed E-state index contributed by atoms with van der Waals surface area (Å²) in [5, 5.41) is 13.7. The highest BCUT2D eigenvalue weighted by Gasteiger charge is 2.34. The zero-order chi connectivity index (χ0) is 15.6. The molecule has 2 fully saturated rings. The van der Waals surface area contributed by atoms with Gasteiger partial charge >= 0.3 is 0 Å². The van der Waals surface area contributed by atoms with Crippen molar-refractivity contribution in [2.45, 2.75) is 31.3 Å². The molecule has 4 nitrogen and oxygen atoms in total. The van der Waals surface area contributed by atoms with Crippen molar-refractivity contribution in [1.29, 1.82) is 0 Å². The number of likely N-dealkylation sites (tertiary alicyclic amines) is 1. The van der Waals surface area contributed by atoms with E-state index in [1.54, 1.807) is 12.1 Å². The van der Waals surface area contributed by atoms with E-state index in [0.717, 1.165) is 32.5 Å². The highest BCUT2D eigenvalue weighted by molar-refractivity contribution is 5.80. The van der Waals surface area contributed by atoms with Crippen molar-refractivity contribution < 1.29 is 14.3 Å². The van der Waals surface area contributed by atoms with Gasteiger partial charge in [0.25, 0.3) is 0 Å². The molecule has 1 aromatic carbocycles. The molecule has 1 aliphatic carbocycles. The molecule has 120 valence electrons. The van der Waals surface area contributed by atoms with E-state index in [4.69, 9.17) is 0 Å². The largest absolute Gasteiger partial charge is 0.385 e. The maximum Gasteiger partial charge on any atom is 0.223 e. The number of carbonyl (C=O) groups excluding carboxylic acids is 1. The average molecular weight is 306 g/mol. The Bertz CT molecular complexity index is 537. The monoisotopic (exact) mass is 306 g/mol. The second-order valence-electron chi connectivity index (χ2n) is 6.45. The van der Waals surface area contributed by atoms with Gasteiger partial charge in [0, 0.05) is 32.1 Å². The van der Waals surface area contributed by atoms with Gasteiger partial charge in [-0.3, -0.25) is 4.79 Å². The van der Waals surface area contributed by atoms with Crippen molar-refractivity contribution in [3.8, 4) is 0 Å². The van der Waals surface area contributed by atoms with Crippen molar-refractivity contribution in [3.05, 3.63) is 35.6 Å². The number of nitrogens with one attached hydrogen (secondary N) is 1. The highest BCUT2D eigenvalue weighted by atomic mass is 19.1. The van der Waals surface area contributed by atoms with Crippen molar-refractivity contribution in [2.24, 2.45) is 5.92 Å². The van der Waals surface area contributed by atoms with E-state index in [1.165, 1.54) is 12.1 Å². The summed E-state index contributed by atoms with van der Waals surface area (Å²) in [6.45, 7) is 2.98. The van der Waals surface area contributed by atoms with Gasteiger partial charge in [0.1, 0.15) is 5.82 Å². The predicted octanol–water partition coefficient (Wildman–Crippen LogP) is 1.64. The molecule has 1 saturated carbocycles. The minimum absolute atomic E-state index is 0.174. The van der Waals surface area contributed by atoms with Crippen molar-refractivity contribution in [1.82, 2.24) is 10.2 Å². The maximum absolute atomic E-state index is 13.3. The molecule has 0 radical (unpaired) electrons. The number of halogens is 1. The summed E-state index contributed by atoms with van der Waals surface area (Å²) in [5.41, 5.74) is -0.273. The minimum Gasteiger partial charge on any atom is -0.385 e. The molecule has 0 spiro atoms. The van der Waals surface area contributed by atoms with E-state index >= 15 is 0 Å². The zero-order valence-corrected chi connectivity index (χ0v) is 12.7. The Morgan fingerprint density at radius 2 is 2.09 bits per heavy atom. The lowest BCUT2D eigenvalue weighted by molar-refractivity contribution is -0.122. The van der Waals surface area contributed by atoms with Crippen LogP contribution in [0.2, 0.25) is 0 Å². The Hall–Kier alpha value is -1.46. The first kappa shape index (κ1) is 15.4. The molecule has 5 heteroatoms. The number of piperidine rings is 1. The van der Waals surface area contributed by atoms with Crippen LogP contribution in [-0.4, -0.2) is 42.1 Å². The summed E-state index contributed by atoms with van der Waals surface area (Å²) in [4.78, 5) is 13.8. The Kier molecular flexibility index (Phi) is 4.45. The van der Waals surface area contributed by atoms with Crippen LogP contribution in [0.15, 0.2) is 24.3 Å². The lowest BCUT2D eigenvalue weighted by Gasteiger charge is -2.38.